The van der Waals surface area contributed by atoms with Crippen LogP contribution in [0, 0.1) is 0 Å². The molecule has 0 spiro atoms. The van der Waals surface area contributed by atoms with Crippen LogP contribution in [0.3, 0.4) is 0 Å². The quantitative estimate of drug-likeness (QED) is 0.532. The SMILES string of the molecule is FC(F)(F)c1ccc(CNc2nonc2NCc2ccc(C(F)(F)F)cc2)cc1. The predicted octanol–water partition coefficient (Wildman–Crippen LogP) is 5.33. The van der Waals surface area contributed by atoms with E-state index in [2.05, 4.69) is 25.6 Å². The Hall–Kier alpha value is -3.24. The Morgan fingerprint density at radius 1 is 0.621 bits per heavy atom. The lowest BCUT2D eigenvalue weighted by atomic mass is 10.1. The van der Waals surface area contributed by atoms with Gasteiger partial charge in [-0.15, -0.1) is 0 Å². The number of nitrogens with zero attached hydrogens (tertiary/aromatic N) is 2. The number of rotatable bonds is 6. The van der Waals surface area contributed by atoms with Crippen LogP contribution in [-0.4, -0.2) is 10.3 Å². The van der Waals surface area contributed by atoms with Crippen LogP contribution in [0.25, 0.3) is 0 Å². The average Bonchev–Trinajstić information content (AvgIpc) is 3.11. The normalized spacial score (nSPS) is 12.1. The molecule has 0 saturated heterocycles. The zero-order chi connectivity index (χ0) is 21.1. The first kappa shape index (κ1) is 20.5. The maximum atomic E-state index is 12.6. The number of hydrogen-bond donors (Lipinski definition) is 2. The van der Waals surface area contributed by atoms with Crippen molar-refractivity contribution in [2.75, 3.05) is 10.6 Å². The Balaban J connectivity index is 1.57. The van der Waals surface area contributed by atoms with Gasteiger partial charge in [0.05, 0.1) is 11.1 Å². The van der Waals surface area contributed by atoms with Gasteiger partial charge in [0.1, 0.15) is 0 Å². The van der Waals surface area contributed by atoms with E-state index >= 15 is 0 Å². The van der Waals surface area contributed by atoms with Crippen molar-refractivity contribution in [1.82, 2.24) is 10.3 Å². The number of alkyl halides is 6. The molecule has 1 aromatic heterocycles. The molecule has 154 valence electrons. The number of anilines is 2. The molecule has 0 bridgehead atoms. The molecule has 2 N–H and O–H groups in total. The fourth-order valence-electron chi connectivity index (χ4n) is 2.42. The van der Waals surface area contributed by atoms with Gasteiger partial charge in [-0.3, -0.25) is 0 Å². The van der Waals surface area contributed by atoms with E-state index in [1.165, 1.54) is 24.3 Å². The first-order valence-electron chi connectivity index (χ1n) is 8.25. The number of aromatic nitrogens is 2. The van der Waals surface area contributed by atoms with E-state index in [0.717, 1.165) is 24.3 Å². The lowest BCUT2D eigenvalue weighted by Gasteiger charge is -2.09. The summed E-state index contributed by atoms with van der Waals surface area (Å²) < 4.78 is 80.1. The van der Waals surface area contributed by atoms with Gasteiger partial charge in [0.15, 0.2) is 0 Å². The van der Waals surface area contributed by atoms with Crippen molar-refractivity contribution in [2.24, 2.45) is 0 Å². The van der Waals surface area contributed by atoms with Crippen LogP contribution in [0.1, 0.15) is 22.3 Å². The first-order valence-corrected chi connectivity index (χ1v) is 8.25. The maximum absolute atomic E-state index is 12.6. The molecule has 0 aliphatic heterocycles. The number of benzene rings is 2. The molecule has 5 nitrogen and oxygen atoms in total. The van der Waals surface area contributed by atoms with Gasteiger partial charge in [0, 0.05) is 13.1 Å². The molecular weight excluding hydrogens is 402 g/mol. The molecule has 0 aliphatic rings. The van der Waals surface area contributed by atoms with Crippen LogP contribution in [0.2, 0.25) is 0 Å². The third kappa shape index (κ3) is 5.39. The third-order valence-corrected chi connectivity index (χ3v) is 3.97. The highest BCUT2D eigenvalue weighted by Crippen LogP contribution is 2.30. The Kier molecular flexibility index (Phi) is 5.66. The fourth-order valence-corrected chi connectivity index (χ4v) is 2.42. The van der Waals surface area contributed by atoms with Gasteiger partial charge >= 0.3 is 12.4 Å². The molecule has 0 amide bonds. The number of hydrogen-bond acceptors (Lipinski definition) is 5. The molecule has 3 aromatic rings. The molecule has 0 radical (unpaired) electrons. The van der Waals surface area contributed by atoms with Gasteiger partial charge in [-0.05, 0) is 45.7 Å². The summed E-state index contributed by atoms with van der Waals surface area (Å²) in [7, 11) is 0. The first-order chi connectivity index (χ1) is 13.6. The van der Waals surface area contributed by atoms with Gasteiger partial charge in [-0.1, -0.05) is 24.3 Å². The predicted molar refractivity (Wildman–Crippen MR) is 91.8 cm³/mol. The highest BCUT2D eigenvalue weighted by molar-refractivity contribution is 5.57. The van der Waals surface area contributed by atoms with E-state index in [-0.39, 0.29) is 24.7 Å². The Labute approximate surface area is 160 Å². The topological polar surface area (TPSA) is 63.0 Å². The van der Waals surface area contributed by atoms with E-state index in [1.807, 2.05) is 0 Å². The van der Waals surface area contributed by atoms with E-state index in [9.17, 15) is 26.3 Å². The highest BCUT2D eigenvalue weighted by atomic mass is 19.4. The smallest absolute Gasteiger partial charge is 0.360 e. The average molecular weight is 416 g/mol. The molecule has 0 saturated carbocycles. The molecule has 0 fully saturated rings. The van der Waals surface area contributed by atoms with Crippen LogP contribution < -0.4 is 10.6 Å². The lowest BCUT2D eigenvalue weighted by Crippen LogP contribution is -2.08. The minimum Gasteiger partial charge on any atom is -0.360 e. The lowest BCUT2D eigenvalue weighted by molar-refractivity contribution is -0.138. The van der Waals surface area contributed by atoms with Gasteiger partial charge in [-0.25, -0.2) is 4.63 Å². The second-order valence-corrected chi connectivity index (χ2v) is 6.06. The van der Waals surface area contributed by atoms with Crippen LogP contribution >= 0.6 is 0 Å². The largest absolute Gasteiger partial charge is 0.416 e. The van der Waals surface area contributed by atoms with Crippen molar-refractivity contribution in [1.29, 1.82) is 0 Å². The van der Waals surface area contributed by atoms with Crippen LogP contribution in [0.15, 0.2) is 53.2 Å². The molecule has 0 unspecified atom stereocenters. The minimum absolute atomic E-state index is 0.168. The van der Waals surface area contributed by atoms with Crippen LogP contribution in [0.4, 0.5) is 38.0 Å². The molecule has 1 heterocycles. The summed E-state index contributed by atoms with van der Waals surface area (Å²) in [6.45, 7) is 0.336. The van der Waals surface area contributed by atoms with Crippen molar-refractivity contribution in [3.8, 4) is 0 Å². The third-order valence-electron chi connectivity index (χ3n) is 3.97. The maximum Gasteiger partial charge on any atom is 0.416 e. The monoisotopic (exact) mass is 416 g/mol. The van der Waals surface area contributed by atoms with E-state index in [0.29, 0.717) is 11.1 Å². The molecule has 11 heteroatoms. The zero-order valence-electron chi connectivity index (χ0n) is 14.6. The molecule has 2 aromatic carbocycles. The van der Waals surface area contributed by atoms with Crippen molar-refractivity contribution in [3.05, 3.63) is 70.8 Å². The van der Waals surface area contributed by atoms with E-state index in [1.54, 1.807) is 0 Å². The molecule has 3 rings (SSSR count). The number of nitrogens with one attached hydrogen (secondary N) is 2. The zero-order valence-corrected chi connectivity index (χ0v) is 14.6. The summed E-state index contributed by atoms with van der Waals surface area (Å²) in [6, 6.07) is 9.22. The van der Waals surface area contributed by atoms with Crippen molar-refractivity contribution in [3.63, 3.8) is 0 Å². The summed E-state index contributed by atoms with van der Waals surface area (Å²) in [5, 5.41) is 13.1. The highest BCUT2D eigenvalue weighted by Gasteiger charge is 2.30. The Bertz CT molecular complexity index is 857. The summed E-state index contributed by atoms with van der Waals surface area (Å²) in [6.07, 6.45) is -8.81. The molecule has 0 aliphatic carbocycles. The standard InChI is InChI=1S/C18H14F6N4O/c19-17(20,21)13-5-1-11(2-6-13)9-25-15-16(28-29-27-15)26-10-12-3-7-14(8-4-12)18(22,23)24/h1-8H,9-10H2,(H,25,27)(H,26,28). The van der Waals surface area contributed by atoms with Gasteiger partial charge in [-0.2, -0.15) is 26.3 Å². The van der Waals surface area contributed by atoms with Gasteiger partial charge in [0.2, 0.25) is 11.6 Å². The van der Waals surface area contributed by atoms with E-state index in [4.69, 9.17) is 0 Å². The van der Waals surface area contributed by atoms with Crippen LogP contribution in [-0.2, 0) is 25.4 Å². The van der Waals surface area contributed by atoms with Crippen LogP contribution in [0.5, 0.6) is 0 Å². The second kappa shape index (κ2) is 8.02. The second-order valence-electron chi connectivity index (χ2n) is 6.06. The molecule has 0 atom stereocenters. The van der Waals surface area contributed by atoms with E-state index < -0.39 is 23.5 Å². The van der Waals surface area contributed by atoms with Crippen molar-refractivity contribution in [2.45, 2.75) is 25.4 Å². The fraction of sp³-hybridized carbons (Fsp3) is 0.222. The summed E-state index contributed by atoms with van der Waals surface area (Å²) >= 11 is 0. The van der Waals surface area contributed by atoms with Gasteiger partial charge < -0.3 is 10.6 Å². The summed E-state index contributed by atoms with van der Waals surface area (Å²) in [5.41, 5.74) is -0.337. The Morgan fingerprint density at radius 2 is 0.966 bits per heavy atom. The molecule has 29 heavy (non-hydrogen) atoms. The minimum atomic E-state index is -4.41. The number of halogens is 6. The Morgan fingerprint density at radius 3 is 1.28 bits per heavy atom. The van der Waals surface area contributed by atoms with Crippen molar-refractivity contribution < 1.29 is 31.0 Å². The molecular formula is C18H14F6N4O. The summed E-state index contributed by atoms with van der Waals surface area (Å²) in [4.78, 5) is 0. The van der Waals surface area contributed by atoms with Gasteiger partial charge in [0.25, 0.3) is 0 Å². The summed E-state index contributed by atoms with van der Waals surface area (Å²) in [5.74, 6) is 0.439. The van der Waals surface area contributed by atoms with Crippen molar-refractivity contribution >= 4 is 11.6 Å².